The Morgan fingerprint density at radius 2 is 1.88 bits per heavy atom. The second-order valence-electron chi connectivity index (χ2n) is 6.04. The largest absolute Gasteiger partial charge is 0.494 e. The molecule has 0 aromatic heterocycles. The number of rotatable bonds is 8. The first kappa shape index (κ1) is 19.1. The number of benzene rings is 2. The Labute approximate surface area is 150 Å². The van der Waals surface area contributed by atoms with E-state index < -0.39 is 10.9 Å². The molecule has 136 valence electrons. The molecule has 0 N–H and O–H groups in total. The summed E-state index contributed by atoms with van der Waals surface area (Å²) in [4.78, 5) is 33.4. The van der Waals surface area contributed by atoms with Crippen LogP contribution in [-0.4, -0.2) is 23.8 Å². The molecule has 26 heavy (non-hydrogen) atoms. The van der Waals surface area contributed by atoms with Gasteiger partial charge in [0.25, 0.3) is 5.69 Å². The molecule has 0 heterocycles. The molecule has 0 aliphatic heterocycles. The smallest absolute Gasteiger partial charge is 0.343 e. The maximum absolute atomic E-state index is 12.2. The van der Waals surface area contributed by atoms with Crippen molar-refractivity contribution in [3.05, 3.63) is 63.7 Å². The predicted molar refractivity (Wildman–Crippen MR) is 94.8 cm³/mol. The molecular weight excluding hydrogens is 338 g/mol. The Bertz CT molecular complexity index is 798. The number of hydrogen-bond donors (Lipinski definition) is 0. The number of nitro groups is 1. The van der Waals surface area contributed by atoms with Gasteiger partial charge in [-0.05, 0) is 42.7 Å². The van der Waals surface area contributed by atoms with E-state index in [1.54, 1.807) is 24.3 Å². The lowest BCUT2D eigenvalue weighted by Gasteiger charge is -2.09. The van der Waals surface area contributed by atoms with Crippen LogP contribution in [0, 0.1) is 16.0 Å². The van der Waals surface area contributed by atoms with Gasteiger partial charge in [-0.2, -0.15) is 0 Å². The van der Waals surface area contributed by atoms with Gasteiger partial charge in [-0.25, -0.2) is 4.79 Å². The minimum absolute atomic E-state index is 0.0344. The maximum atomic E-state index is 12.2. The van der Waals surface area contributed by atoms with Crippen LogP contribution in [-0.2, 0) is 0 Å². The first-order valence-corrected chi connectivity index (χ1v) is 8.09. The van der Waals surface area contributed by atoms with Crippen molar-refractivity contribution in [2.75, 3.05) is 6.61 Å². The fourth-order valence-electron chi connectivity index (χ4n) is 2.09. The van der Waals surface area contributed by atoms with Crippen LogP contribution < -0.4 is 9.47 Å². The number of ether oxygens (including phenoxy) is 2. The average Bonchev–Trinajstić information content (AvgIpc) is 2.62. The quantitative estimate of drug-likeness (QED) is 0.232. The van der Waals surface area contributed by atoms with Crippen LogP contribution >= 0.6 is 0 Å². The molecule has 2 aromatic carbocycles. The predicted octanol–water partition coefficient (Wildman–Crippen LogP) is 4.05. The molecule has 2 rings (SSSR count). The van der Waals surface area contributed by atoms with E-state index in [-0.39, 0.29) is 22.6 Å². The summed E-state index contributed by atoms with van der Waals surface area (Å²) < 4.78 is 10.8. The lowest BCUT2D eigenvalue weighted by molar-refractivity contribution is -0.384. The summed E-state index contributed by atoms with van der Waals surface area (Å²) in [5.74, 6) is 0.479. The van der Waals surface area contributed by atoms with E-state index in [0.717, 1.165) is 12.5 Å². The second-order valence-corrected chi connectivity index (χ2v) is 6.04. The second kappa shape index (κ2) is 8.75. The van der Waals surface area contributed by atoms with Crippen molar-refractivity contribution in [3.8, 4) is 11.5 Å². The number of esters is 1. The van der Waals surface area contributed by atoms with Gasteiger partial charge < -0.3 is 9.47 Å². The van der Waals surface area contributed by atoms with Crippen LogP contribution in [0.25, 0.3) is 0 Å². The number of hydrogen-bond acceptors (Lipinski definition) is 6. The van der Waals surface area contributed by atoms with Gasteiger partial charge in [0.2, 0.25) is 0 Å². The van der Waals surface area contributed by atoms with Crippen molar-refractivity contribution in [2.24, 2.45) is 5.92 Å². The summed E-state index contributed by atoms with van der Waals surface area (Å²) in [5.41, 5.74) is -0.0487. The Morgan fingerprint density at radius 1 is 1.19 bits per heavy atom. The van der Waals surface area contributed by atoms with Gasteiger partial charge in [-0.1, -0.05) is 13.8 Å². The van der Waals surface area contributed by atoms with Crippen LogP contribution in [0.15, 0.2) is 42.5 Å². The molecule has 0 aliphatic carbocycles. The molecule has 0 radical (unpaired) electrons. The van der Waals surface area contributed by atoms with Crippen LogP contribution in [0.1, 0.15) is 41.0 Å². The van der Waals surface area contributed by atoms with E-state index in [1.807, 2.05) is 0 Å². The zero-order valence-electron chi connectivity index (χ0n) is 14.5. The summed E-state index contributed by atoms with van der Waals surface area (Å²) in [6.45, 7) is 4.80. The fraction of sp³-hybridized carbons (Fsp3) is 0.263. The summed E-state index contributed by atoms with van der Waals surface area (Å²) in [6, 6.07) is 9.88. The summed E-state index contributed by atoms with van der Waals surface area (Å²) in [6.07, 6.45) is 1.33. The zero-order chi connectivity index (χ0) is 19.1. The third-order valence-corrected chi connectivity index (χ3v) is 3.59. The van der Waals surface area contributed by atoms with Crippen molar-refractivity contribution in [1.29, 1.82) is 0 Å². The number of carbonyl (C=O) groups is 2. The van der Waals surface area contributed by atoms with Crippen LogP contribution in [0.2, 0.25) is 0 Å². The molecular formula is C19H19NO6. The summed E-state index contributed by atoms with van der Waals surface area (Å²) in [7, 11) is 0. The van der Waals surface area contributed by atoms with E-state index in [0.29, 0.717) is 24.6 Å². The normalized spacial score (nSPS) is 10.4. The Morgan fingerprint density at radius 3 is 2.46 bits per heavy atom. The van der Waals surface area contributed by atoms with Crippen molar-refractivity contribution in [1.82, 2.24) is 0 Å². The maximum Gasteiger partial charge on any atom is 0.343 e. The van der Waals surface area contributed by atoms with Crippen molar-refractivity contribution in [3.63, 3.8) is 0 Å². The van der Waals surface area contributed by atoms with Gasteiger partial charge in [0.1, 0.15) is 11.5 Å². The topological polar surface area (TPSA) is 95.7 Å². The van der Waals surface area contributed by atoms with E-state index in [4.69, 9.17) is 9.47 Å². The highest BCUT2D eigenvalue weighted by atomic mass is 16.6. The number of nitro benzene ring substituents is 1. The third-order valence-electron chi connectivity index (χ3n) is 3.59. The molecule has 0 unspecified atom stereocenters. The molecule has 0 saturated carbocycles. The van der Waals surface area contributed by atoms with Crippen molar-refractivity contribution < 1.29 is 24.0 Å². The molecule has 0 fully saturated rings. The Balaban J connectivity index is 2.05. The van der Waals surface area contributed by atoms with E-state index in [2.05, 4.69) is 13.8 Å². The van der Waals surface area contributed by atoms with Gasteiger partial charge in [-0.3, -0.25) is 14.9 Å². The molecule has 0 aliphatic rings. The Kier molecular flexibility index (Phi) is 6.43. The minimum atomic E-state index is -0.671. The highest BCUT2D eigenvalue weighted by Gasteiger charge is 2.15. The molecule has 7 nitrogen and oxygen atoms in total. The molecule has 2 aromatic rings. The third kappa shape index (κ3) is 5.14. The molecule has 0 spiro atoms. The number of carbonyl (C=O) groups excluding carboxylic acids is 2. The molecule has 7 heteroatoms. The summed E-state index contributed by atoms with van der Waals surface area (Å²) in [5, 5.41) is 10.7. The minimum Gasteiger partial charge on any atom is -0.494 e. The SMILES string of the molecule is CC(C)CCOc1ccc(C(=O)Oc2ccc([N+](=O)[O-])cc2C=O)cc1. The highest BCUT2D eigenvalue weighted by Crippen LogP contribution is 2.24. The van der Waals surface area contributed by atoms with Crippen molar-refractivity contribution in [2.45, 2.75) is 20.3 Å². The molecule has 0 amide bonds. The Hall–Kier alpha value is -3.22. The van der Waals surface area contributed by atoms with Gasteiger partial charge in [0, 0.05) is 12.1 Å². The van der Waals surface area contributed by atoms with Gasteiger partial charge in [0.15, 0.2) is 6.29 Å². The zero-order valence-corrected chi connectivity index (χ0v) is 14.5. The summed E-state index contributed by atoms with van der Waals surface area (Å²) >= 11 is 0. The first-order chi connectivity index (χ1) is 12.4. The van der Waals surface area contributed by atoms with Gasteiger partial charge >= 0.3 is 5.97 Å². The van der Waals surface area contributed by atoms with E-state index >= 15 is 0 Å². The van der Waals surface area contributed by atoms with E-state index in [9.17, 15) is 19.7 Å². The van der Waals surface area contributed by atoms with Crippen LogP contribution in [0.5, 0.6) is 11.5 Å². The lowest BCUT2D eigenvalue weighted by atomic mass is 10.1. The fourth-order valence-corrected chi connectivity index (χ4v) is 2.09. The number of aldehydes is 1. The van der Waals surface area contributed by atoms with Crippen LogP contribution in [0.4, 0.5) is 5.69 Å². The van der Waals surface area contributed by atoms with Crippen molar-refractivity contribution >= 4 is 17.9 Å². The number of nitrogens with zero attached hydrogens (tertiary/aromatic N) is 1. The lowest BCUT2D eigenvalue weighted by Crippen LogP contribution is -2.10. The highest BCUT2D eigenvalue weighted by molar-refractivity contribution is 5.92. The van der Waals surface area contributed by atoms with Gasteiger partial charge in [-0.15, -0.1) is 0 Å². The van der Waals surface area contributed by atoms with Crippen LogP contribution in [0.3, 0.4) is 0 Å². The standard InChI is InChI=1S/C19H19NO6/c1-13(2)9-10-25-17-6-3-14(4-7-17)19(22)26-18-8-5-16(20(23)24)11-15(18)12-21/h3-8,11-13H,9-10H2,1-2H3. The average molecular weight is 357 g/mol. The molecule has 0 bridgehead atoms. The first-order valence-electron chi connectivity index (χ1n) is 8.09. The van der Waals surface area contributed by atoms with Gasteiger partial charge in [0.05, 0.1) is 22.7 Å². The molecule has 0 atom stereocenters. The van der Waals surface area contributed by atoms with E-state index in [1.165, 1.54) is 12.1 Å². The number of non-ortho nitro benzene ring substituents is 1. The molecule has 0 saturated heterocycles. The monoisotopic (exact) mass is 357 g/mol.